The molecule has 0 aliphatic carbocycles. The van der Waals surface area contributed by atoms with Crippen molar-refractivity contribution in [2.45, 2.75) is 39.2 Å². The Morgan fingerprint density at radius 1 is 1.07 bits per heavy atom. The minimum Gasteiger partial charge on any atom is -0.469 e. The fraction of sp³-hybridized carbons (Fsp3) is 0.312. The number of methoxy groups -OCH3 is 1. The molecule has 0 unspecified atom stereocenters. The number of aromatic nitrogens is 4. The Bertz CT molecular complexity index is 1800. The van der Waals surface area contributed by atoms with Gasteiger partial charge in [0.25, 0.3) is 5.91 Å². The highest BCUT2D eigenvalue weighted by Crippen LogP contribution is 2.27. The molecule has 0 spiro atoms. The van der Waals surface area contributed by atoms with Crippen LogP contribution >= 0.6 is 0 Å². The van der Waals surface area contributed by atoms with Gasteiger partial charge in [-0.05, 0) is 55.0 Å². The van der Waals surface area contributed by atoms with Crippen molar-refractivity contribution in [1.82, 2.24) is 19.7 Å². The molecule has 2 amide bonds. The van der Waals surface area contributed by atoms with Crippen molar-refractivity contribution in [2.75, 3.05) is 35.8 Å². The molecule has 3 aromatic heterocycles. The number of rotatable bonds is 13. The maximum atomic E-state index is 13.6. The zero-order valence-corrected chi connectivity index (χ0v) is 25.4. The maximum Gasteiger partial charge on any atom is 0.412 e. The van der Waals surface area contributed by atoms with Gasteiger partial charge in [-0.3, -0.25) is 19.8 Å². The summed E-state index contributed by atoms with van der Waals surface area (Å²) in [5, 5.41) is 10.6. The molecule has 234 valence electrons. The molecule has 0 saturated carbocycles. The number of fused-ring (bicyclic) bond motifs is 2. The number of ether oxygens (including phenoxy) is 2. The molecule has 2 aromatic carbocycles. The predicted octanol–water partition coefficient (Wildman–Crippen LogP) is 5.67. The van der Waals surface area contributed by atoms with Crippen LogP contribution < -0.4 is 15.5 Å². The first kappa shape index (κ1) is 31.0. The van der Waals surface area contributed by atoms with Crippen molar-refractivity contribution < 1.29 is 28.4 Å². The van der Waals surface area contributed by atoms with Gasteiger partial charge in [0.05, 0.1) is 43.1 Å². The molecule has 0 fully saturated rings. The van der Waals surface area contributed by atoms with Gasteiger partial charge in [0.15, 0.2) is 11.4 Å². The number of esters is 1. The van der Waals surface area contributed by atoms with Gasteiger partial charge in [-0.1, -0.05) is 31.0 Å². The molecular weight excluding hydrogens is 578 g/mol. The number of pyridine rings is 1. The lowest BCUT2D eigenvalue weighted by atomic mass is 10.1. The van der Waals surface area contributed by atoms with E-state index >= 15 is 0 Å². The lowest BCUT2D eigenvalue weighted by molar-refractivity contribution is -0.140. The number of benzene rings is 2. The number of carbonyl (C=O) groups excluding carboxylic acids is 3. The van der Waals surface area contributed by atoms with Crippen LogP contribution in [-0.2, 0) is 27.9 Å². The molecule has 0 aliphatic rings. The lowest BCUT2D eigenvalue weighted by Crippen LogP contribution is -2.33. The molecule has 13 nitrogen and oxygen atoms in total. The van der Waals surface area contributed by atoms with Gasteiger partial charge < -0.3 is 23.9 Å². The van der Waals surface area contributed by atoms with Gasteiger partial charge in [0, 0.05) is 31.0 Å². The van der Waals surface area contributed by atoms with Crippen molar-refractivity contribution in [3.8, 4) is 0 Å². The fourth-order valence-corrected chi connectivity index (χ4v) is 4.80. The Balaban J connectivity index is 1.30. The molecule has 5 aromatic rings. The summed E-state index contributed by atoms with van der Waals surface area (Å²) in [6.45, 7) is 2.92. The smallest absolute Gasteiger partial charge is 0.412 e. The van der Waals surface area contributed by atoms with Crippen LogP contribution in [0.2, 0.25) is 0 Å². The highest BCUT2D eigenvalue weighted by atomic mass is 16.5. The molecule has 0 aliphatic heterocycles. The van der Waals surface area contributed by atoms with E-state index in [0.717, 1.165) is 36.3 Å². The van der Waals surface area contributed by atoms with Crippen LogP contribution in [0.1, 0.15) is 48.8 Å². The summed E-state index contributed by atoms with van der Waals surface area (Å²) >= 11 is 0. The Hall–Kier alpha value is -5.46. The van der Waals surface area contributed by atoms with Crippen LogP contribution in [0, 0.1) is 0 Å². The molecule has 0 bridgehead atoms. The SMILES string of the molecule is CCCCCOC(=O)Nc1noc2ccc(NCc3nc4cc(C(=O)N(CCC(=O)OC)c5ccccn5)ccc4n3C)cc12. The first-order valence-corrected chi connectivity index (χ1v) is 14.7. The minimum atomic E-state index is -0.580. The summed E-state index contributed by atoms with van der Waals surface area (Å²) < 4.78 is 17.3. The second-order valence-corrected chi connectivity index (χ2v) is 10.3. The average Bonchev–Trinajstić information content (AvgIpc) is 3.61. The van der Waals surface area contributed by atoms with Crippen LogP contribution in [-0.4, -0.2) is 57.9 Å². The number of imidazole rings is 1. The number of nitrogens with one attached hydrogen (secondary N) is 2. The molecule has 13 heteroatoms. The summed E-state index contributed by atoms with van der Waals surface area (Å²) in [6.07, 6.45) is 3.87. The fourth-order valence-electron chi connectivity index (χ4n) is 4.80. The van der Waals surface area contributed by atoms with Crippen LogP contribution in [0.5, 0.6) is 0 Å². The third-order valence-electron chi connectivity index (χ3n) is 7.28. The highest BCUT2D eigenvalue weighted by molar-refractivity contribution is 6.07. The average molecular weight is 614 g/mol. The van der Waals surface area contributed by atoms with Crippen LogP contribution in [0.4, 0.5) is 22.1 Å². The number of unbranched alkanes of at least 4 members (excludes halogenated alkanes) is 2. The monoisotopic (exact) mass is 613 g/mol. The molecule has 0 atom stereocenters. The molecule has 5 rings (SSSR count). The Morgan fingerprint density at radius 2 is 1.93 bits per heavy atom. The summed E-state index contributed by atoms with van der Waals surface area (Å²) in [4.78, 5) is 48.1. The van der Waals surface area contributed by atoms with Crippen molar-refractivity contribution >= 4 is 57.3 Å². The number of aryl methyl sites for hydroxylation is 1. The van der Waals surface area contributed by atoms with Crippen molar-refractivity contribution in [2.24, 2.45) is 7.05 Å². The number of carbonyl (C=O) groups is 3. The molecule has 3 heterocycles. The number of hydrogen-bond acceptors (Lipinski definition) is 10. The summed E-state index contributed by atoms with van der Waals surface area (Å²) in [5.74, 6) is 0.726. The van der Waals surface area contributed by atoms with E-state index in [4.69, 9.17) is 19.0 Å². The normalized spacial score (nSPS) is 11.0. The lowest BCUT2D eigenvalue weighted by Gasteiger charge is -2.21. The second kappa shape index (κ2) is 14.3. The van der Waals surface area contributed by atoms with Gasteiger partial charge >= 0.3 is 12.1 Å². The molecule has 45 heavy (non-hydrogen) atoms. The van der Waals surface area contributed by atoms with E-state index in [1.807, 2.05) is 29.8 Å². The number of anilines is 3. The molecular formula is C32H35N7O6. The van der Waals surface area contributed by atoms with Gasteiger partial charge in [0.1, 0.15) is 11.6 Å². The first-order valence-electron chi connectivity index (χ1n) is 14.7. The zero-order valence-electron chi connectivity index (χ0n) is 25.4. The van der Waals surface area contributed by atoms with Crippen molar-refractivity contribution in [3.63, 3.8) is 0 Å². The van der Waals surface area contributed by atoms with Crippen LogP contribution in [0.25, 0.3) is 22.0 Å². The molecule has 0 saturated heterocycles. The Kier molecular flexibility index (Phi) is 9.87. The van der Waals surface area contributed by atoms with Gasteiger partial charge in [-0.2, -0.15) is 0 Å². The van der Waals surface area contributed by atoms with Crippen molar-refractivity contribution in [1.29, 1.82) is 0 Å². The zero-order chi connectivity index (χ0) is 31.8. The highest BCUT2D eigenvalue weighted by Gasteiger charge is 2.21. The third kappa shape index (κ3) is 7.37. The first-order chi connectivity index (χ1) is 21.9. The molecule has 0 radical (unpaired) electrons. The van der Waals surface area contributed by atoms with E-state index in [2.05, 4.69) is 27.7 Å². The standard InChI is InChI=1S/C32H35N7O6/c1-4-5-8-17-44-32(42)36-30-23-19-22(11-13-26(23)45-37-30)34-20-28-35-24-18-21(10-12-25(24)38(28)2)31(41)39(16-14-29(40)43-3)27-9-6-7-15-33-27/h6-7,9-13,15,18-19,34H,4-5,8,14,16-17,20H2,1-3H3,(H,36,37,42). The van der Waals surface area contributed by atoms with E-state index in [9.17, 15) is 14.4 Å². The van der Waals surface area contributed by atoms with Gasteiger partial charge in [0.2, 0.25) is 0 Å². The van der Waals surface area contributed by atoms with E-state index in [1.54, 1.807) is 42.6 Å². The maximum absolute atomic E-state index is 13.6. The summed E-state index contributed by atoms with van der Waals surface area (Å²) in [7, 11) is 3.22. The molecule has 2 N–H and O–H groups in total. The topological polar surface area (TPSA) is 154 Å². The van der Waals surface area contributed by atoms with Crippen LogP contribution in [0.15, 0.2) is 65.3 Å². The van der Waals surface area contributed by atoms with Crippen LogP contribution in [0.3, 0.4) is 0 Å². The van der Waals surface area contributed by atoms with Gasteiger partial charge in [-0.25, -0.2) is 14.8 Å². The third-order valence-corrected chi connectivity index (χ3v) is 7.28. The number of hydrogen-bond donors (Lipinski definition) is 2. The van der Waals surface area contributed by atoms with E-state index < -0.39 is 12.1 Å². The largest absolute Gasteiger partial charge is 0.469 e. The quantitative estimate of drug-likeness (QED) is 0.125. The Labute approximate surface area is 259 Å². The summed E-state index contributed by atoms with van der Waals surface area (Å²) in [6, 6.07) is 16.0. The van der Waals surface area contributed by atoms with E-state index in [-0.39, 0.29) is 24.7 Å². The predicted molar refractivity (Wildman–Crippen MR) is 169 cm³/mol. The van der Waals surface area contributed by atoms with E-state index in [0.29, 0.717) is 41.0 Å². The van der Waals surface area contributed by atoms with E-state index in [1.165, 1.54) is 12.0 Å². The summed E-state index contributed by atoms with van der Waals surface area (Å²) in [5.41, 5.74) is 3.20. The number of nitrogens with zero attached hydrogens (tertiary/aromatic N) is 5. The van der Waals surface area contributed by atoms with Gasteiger partial charge in [-0.15, -0.1) is 0 Å². The second-order valence-electron chi connectivity index (χ2n) is 10.3. The van der Waals surface area contributed by atoms with Crippen molar-refractivity contribution in [3.05, 3.63) is 72.2 Å². The Morgan fingerprint density at radius 3 is 2.71 bits per heavy atom. The number of amides is 2. The minimum absolute atomic E-state index is 0.0296.